The van der Waals surface area contributed by atoms with Crippen LogP contribution in [0, 0.1) is 11.3 Å². The first kappa shape index (κ1) is 10.5. The van der Waals surface area contributed by atoms with Crippen LogP contribution in [0.5, 0.6) is 5.75 Å². The maximum Gasteiger partial charge on any atom is 0.133 e. The van der Waals surface area contributed by atoms with E-state index < -0.39 is 0 Å². The number of phenols is 1. The quantitative estimate of drug-likeness (QED) is 0.746. The van der Waals surface area contributed by atoms with E-state index in [1.807, 2.05) is 6.07 Å². The van der Waals surface area contributed by atoms with Gasteiger partial charge >= 0.3 is 0 Å². The van der Waals surface area contributed by atoms with Crippen molar-refractivity contribution in [3.05, 3.63) is 29.3 Å². The number of nitrogens with two attached hydrogens (primary N) is 1. The summed E-state index contributed by atoms with van der Waals surface area (Å²) in [6.45, 7) is 0.385. The van der Waals surface area contributed by atoms with Crippen molar-refractivity contribution in [3.8, 4) is 11.8 Å². The highest BCUT2D eigenvalue weighted by molar-refractivity contribution is 5.45. The molecule has 4 heteroatoms. The number of hydrogen-bond donors (Lipinski definition) is 2. The first-order chi connectivity index (χ1) is 6.69. The summed E-state index contributed by atoms with van der Waals surface area (Å²) in [6.07, 6.45) is 0. The molecule has 0 heterocycles. The Kier molecular flexibility index (Phi) is 3.46. The number of hydrogen-bond acceptors (Lipinski definition) is 4. The Hall–Kier alpha value is -1.57. The molecule has 14 heavy (non-hydrogen) atoms. The average Bonchev–Trinajstić information content (AvgIpc) is 2.19. The van der Waals surface area contributed by atoms with Crippen LogP contribution in [0.25, 0.3) is 0 Å². The number of methoxy groups -OCH3 is 1. The first-order valence-electron chi connectivity index (χ1n) is 4.16. The molecule has 0 amide bonds. The molecule has 0 aromatic heterocycles. The maximum absolute atomic E-state index is 9.25. The van der Waals surface area contributed by atoms with E-state index >= 15 is 0 Å². The lowest BCUT2D eigenvalue weighted by Crippen LogP contribution is -2.16. The van der Waals surface area contributed by atoms with Crippen molar-refractivity contribution in [3.63, 3.8) is 0 Å². The van der Waals surface area contributed by atoms with Gasteiger partial charge in [-0.1, -0.05) is 6.07 Å². The van der Waals surface area contributed by atoms with Crippen molar-refractivity contribution >= 4 is 0 Å². The zero-order valence-corrected chi connectivity index (χ0v) is 7.90. The predicted octanol–water partition coefficient (Wildman–Crippen LogP) is 0.910. The largest absolute Gasteiger partial charge is 0.507 e. The maximum atomic E-state index is 9.25. The summed E-state index contributed by atoms with van der Waals surface area (Å²) >= 11 is 0. The molecular formula is C10H12N2O2. The summed E-state index contributed by atoms with van der Waals surface area (Å²) in [5, 5.41) is 17.9. The normalized spacial score (nSPS) is 12.1. The minimum absolute atomic E-state index is 0.0270. The molecular weight excluding hydrogens is 180 g/mol. The monoisotopic (exact) mass is 192 g/mol. The highest BCUT2D eigenvalue weighted by Crippen LogP contribution is 2.20. The fraction of sp³-hybridized carbons (Fsp3) is 0.300. The fourth-order valence-corrected chi connectivity index (χ4v) is 1.15. The van der Waals surface area contributed by atoms with E-state index in [1.54, 1.807) is 19.2 Å². The number of nitriles is 1. The van der Waals surface area contributed by atoms with Gasteiger partial charge in [0.15, 0.2) is 0 Å². The molecule has 0 saturated carbocycles. The van der Waals surface area contributed by atoms with Crippen LogP contribution in [-0.4, -0.2) is 18.8 Å². The minimum atomic E-state index is -0.271. The lowest BCUT2D eigenvalue weighted by molar-refractivity contribution is 0.181. The Balaban J connectivity index is 2.95. The van der Waals surface area contributed by atoms with Gasteiger partial charge < -0.3 is 15.6 Å². The van der Waals surface area contributed by atoms with Crippen LogP contribution in [0.3, 0.4) is 0 Å². The number of ether oxygens (including phenoxy) is 1. The molecule has 0 aliphatic heterocycles. The van der Waals surface area contributed by atoms with Crippen LogP contribution in [0.1, 0.15) is 17.2 Å². The summed E-state index contributed by atoms with van der Waals surface area (Å²) < 4.78 is 4.89. The van der Waals surface area contributed by atoms with E-state index in [9.17, 15) is 5.11 Å². The van der Waals surface area contributed by atoms with E-state index in [4.69, 9.17) is 15.7 Å². The molecule has 1 aromatic rings. The molecule has 1 aromatic carbocycles. The molecule has 4 nitrogen and oxygen atoms in total. The number of rotatable bonds is 3. The predicted molar refractivity (Wildman–Crippen MR) is 51.6 cm³/mol. The van der Waals surface area contributed by atoms with Crippen LogP contribution in [0.15, 0.2) is 18.2 Å². The summed E-state index contributed by atoms with van der Waals surface area (Å²) in [5.41, 5.74) is 6.77. The smallest absolute Gasteiger partial charge is 0.133 e. The molecule has 3 N–H and O–H groups in total. The summed E-state index contributed by atoms with van der Waals surface area (Å²) in [5.74, 6) is -0.0270. The van der Waals surface area contributed by atoms with E-state index in [0.29, 0.717) is 6.61 Å². The zero-order valence-electron chi connectivity index (χ0n) is 7.90. The molecule has 0 saturated heterocycles. The Morgan fingerprint density at radius 2 is 2.36 bits per heavy atom. The average molecular weight is 192 g/mol. The van der Waals surface area contributed by atoms with Crippen LogP contribution in [-0.2, 0) is 4.74 Å². The Morgan fingerprint density at radius 1 is 1.64 bits per heavy atom. The number of aromatic hydroxyl groups is 1. The van der Waals surface area contributed by atoms with Gasteiger partial charge in [0.2, 0.25) is 0 Å². The molecule has 0 spiro atoms. The topological polar surface area (TPSA) is 79.3 Å². The number of nitrogens with zero attached hydrogens (tertiary/aromatic N) is 1. The lowest BCUT2D eigenvalue weighted by atomic mass is 10.0. The Morgan fingerprint density at radius 3 is 2.93 bits per heavy atom. The van der Waals surface area contributed by atoms with Gasteiger partial charge in [0.05, 0.1) is 18.2 Å². The van der Waals surface area contributed by atoms with E-state index in [2.05, 4.69) is 0 Å². The van der Waals surface area contributed by atoms with Crippen molar-refractivity contribution < 1.29 is 9.84 Å². The van der Waals surface area contributed by atoms with Crippen LogP contribution >= 0.6 is 0 Å². The summed E-state index contributed by atoms with van der Waals surface area (Å²) in [4.78, 5) is 0. The number of benzene rings is 1. The van der Waals surface area contributed by atoms with Gasteiger partial charge in [-0.05, 0) is 17.7 Å². The molecule has 0 bridgehead atoms. The molecule has 74 valence electrons. The highest BCUT2D eigenvalue weighted by atomic mass is 16.5. The standard InChI is InChI=1S/C10H12N2O2/c1-14-6-9(12)7-2-3-10(13)8(4-7)5-11/h2-4,9,13H,6,12H2,1H3. The number of phenolic OH excluding ortho intramolecular Hbond substituents is 1. The lowest BCUT2D eigenvalue weighted by Gasteiger charge is -2.11. The van der Waals surface area contributed by atoms with Gasteiger partial charge in [0, 0.05) is 7.11 Å². The second-order valence-electron chi connectivity index (χ2n) is 2.95. The van der Waals surface area contributed by atoms with Gasteiger partial charge in [0.1, 0.15) is 11.8 Å². The molecule has 1 atom stereocenters. The fourth-order valence-electron chi connectivity index (χ4n) is 1.15. The molecule has 0 aliphatic rings. The van der Waals surface area contributed by atoms with E-state index in [0.717, 1.165) is 5.56 Å². The third kappa shape index (κ3) is 2.22. The SMILES string of the molecule is COCC(N)c1ccc(O)c(C#N)c1. The van der Waals surface area contributed by atoms with Crippen molar-refractivity contribution in [2.24, 2.45) is 5.73 Å². The van der Waals surface area contributed by atoms with Crippen molar-refractivity contribution in [1.29, 1.82) is 5.26 Å². The third-order valence-electron chi connectivity index (χ3n) is 1.92. The van der Waals surface area contributed by atoms with E-state index in [-0.39, 0.29) is 17.4 Å². The van der Waals surface area contributed by atoms with Gasteiger partial charge in [-0.25, -0.2) is 0 Å². The molecule has 1 unspecified atom stereocenters. The molecule has 1 rings (SSSR count). The first-order valence-corrected chi connectivity index (χ1v) is 4.16. The van der Waals surface area contributed by atoms with E-state index in [1.165, 1.54) is 6.07 Å². The van der Waals surface area contributed by atoms with Crippen LogP contribution in [0.4, 0.5) is 0 Å². The van der Waals surface area contributed by atoms with Gasteiger partial charge in [-0.15, -0.1) is 0 Å². The van der Waals surface area contributed by atoms with Crippen molar-refractivity contribution in [1.82, 2.24) is 0 Å². The molecule has 0 radical (unpaired) electrons. The Labute approximate surface area is 82.5 Å². The summed E-state index contributed by atoms with van der Waals surface area (Å²) in [6, 6.07) is 6.33. The van der Waals surface area contributed by atoms with Gasteiger partial charge in [-0.2, -0.15) is 5.26 Å². The Bertz CT molecular complexity index is 358. The third-order valence-corrected chi connectivity index (χ3v) is 1.92. The zero-order chi connectivity index (χ0) is 10.6. The highest BCUT2D eigenvalue weighted by Gasteiger charge is 2.08. The second-order valence-corrected chi connectivity index (χ2v) is 2.95. The van der Waals surface area contributed by atoms with Crippen molar-refractivity contribution in [2.45, 2.75) is 6.04 Å². The minimum Gasteiger partial charge on any atom is -0.507 e. The van der Waals surface area contributed by atoms with Crippen molar-refractivity contribution in [2.75, 3.05) is 13.7 Å². The molecule has 0 fully saturated rings. The summed E-state index contributed by atoms with van der Waals surface area (Å²) in [7, 11) is 1.56. The second kappa shape index (κ2) is 4.61. The van der Waals surface area contributed by atoms with Gasteiger partial charge in [-0.3, -0.25) is 0 Å². The van der Waals surface area contributed by atoms with Crippen LogP contribution < -0.4 is 5.73 Å². The van der Waals surface area contributed by atoms with Gasteiger partial charge in [0.25, 0.3) is 0 Å². The molecule has 0 aliphatic carbocycles. The van der Waals surface area contributed by atoms with Crippen LogP contribution in [0.2, 0.25) is 0 Å².